The molecule has 3 nitrogen and oxygen atoms in total. The molecule has 2 atom stereocenters. The summed E-state index contributed by atoms with van der Waals surface area (Å²) < 4.78 is 5.40. The lowest BCUT2D eigenvalue weighted by atomic mass is 9.92. The average Bonchev–Trinajstić information content (AvgIpc) is 2.75. The molecule has 4 heteroatoms. The number of carbonyl (C=O) groups excluding carboxylic acids is 1. The number of likely N-dealkylation sites (tertiary alicyclic amines) is 1. The molecule has 2 unspecified atom stereocenters. The summed E-state index contributed by atoms with van der Waals surface area (Å²) in [6.45, 7) is 6.00. The molecule has 0 aromatic carbocycles. The van der Waals surface area contributed by atoms with Crippen LogP contribution in [-0.2, 0) is 5.88 Å². The van der Waals surface area contributed by atoms with Gasteiger partial charge in [-0.15, -0.1) is 11.6 Å². The summed E-state index contributed by atoms with van der Waals surface area (Å²) >= 11 is 5.66. The Bertz CT molecular complexity index is 392. The molecule has 17 heavy (non-hydrogen) atoms. The van der Waals surface area contributed by atoms with Crippen LogP contribution in [0.2, 0.25) is 0 Å². The zero-order chi connectivity index (χ0) is 12.4. The van der Waals surface area contributed by atoms with Crippen LogP contribution in [0.3, 0.4) is 0 Å². The van der Waals surface area contributed by atoms with Crippen molar-refractivity contribution in [1.29, 1.82) is 0 Å². The van der Waals surface area contributed by atoms with E-state index in [-0.39, 0.29) is 5.91 Å². The van der Waals surface area contributed by atoms with Crippen LogP contribution in [0.4, 0.5) is 0 Å². The molecule has 1 aromatic heterocycles. The number of hydrogen-bond donors (Lipinski definition) is 0. The largest absolute Gasteiger partial charge is 0.455 e. The van der Waals surface area contributed by atoms with Crippen LogP contribution >= 0.6 is 11.6 Å². The third kappa shape index (κ3) is 2.83. The van der Waals surface area contributed by atoms with Gasteiger partial charge in [0.05, 0.1) is 5.88 Å². The highest BCUT2D eigenvalue weighted by molar-refractivity contribution is 6.16. The lowest BCUT2D eigenvalue weighted by Crippen LogP contribution is -2.42. The van der Waals surface area contributed by atoms with E-state index in [4.69, 9.17) is 16.0 Å². The monoisotopic (exact) mass is 255 g/mol. The predicted molar refractivity (Wildman–Crippen MR) is 67.1 cm³/mol. The standard InChI is InChI=1S/C13H18ClNO2/c1-9-5-10(2)8-15(7-9)13(16)12-4-3-11(6-14)17-12/h3-4,9-10H,5-8H2,1-2H3. The Morgan fingerprint density at radius 1 is 1.41 bits per heavy atom. The lowest BCUT2D eigenvalue weighted by Gasteiger charge is -2.34. The third-order valence-corrected chi connectivity index (χ3v) is 3.42. The molecular weight excluding hydrogens is 238 g/mol. The van der Waals surface area contributed by atoms with Gasteiger partial charge in [0.1, 0.15) is 5.76 Å². The van der Waals surface area contributed by atoms with Gasteiger partial charge in [-0.25, -0.2) is 0 Å². The Morgan fingerprint density at radius 3 is 2.59 bits per heavy atom. The first-order valence-electron chi connectivity index (χ1n) is 6.04. The predicted octanol–water partition coefficient (Wildman–Crippen LogP) is 3.14. The number of furan rings is 1. The van der Waals surface area contributed by atoms with Gasteiger partial charge < -0.3 is 9.32 Å². The van der Waals surface area contributed by atoms with Crippen LogP contribution in [0.5, 0.6) is 0 Å². The van der Waals surface area contributed by atoms with Crippen LogP contribution in [0.1, 0.15) is 36.6 Å². The highest BCUT2D eigenvalue weighted by Gasteiger charge is 2.27. The minimum absolute atomic E-state index is 0.0141. The third-order valence-electron chi connectivity index (χ3n) is 3.16. The van der Waals surface area contributed by atoms with Gasteiger partial charge in [0.2, 0.25) is 0 Å². The number of hydrogen-bond acceptors (Lipinski definition) is 2. The van der Waals surface area contributed by atoms with E-state index in [0.29, 0.717) is 29.2 Å². The van der Waals surface area contributed by atoms with Crippen molar-refractivity contribution < 1.29 is 9.21 Å². The number of halogens is 1. The van der Waals surface area contributed by atoms with Gasteiger partial charge in [-0.2, -0.15) is 0 Å². The van der Waals surface area contributed by atoms with E-state index in [2.05, 4.69) is 13.8 Å². The number of amides is 1. The molecule has 0 radical (unpaired) electrons. The maximum Gasteiger partial charge on any atom is 0.289 e. The highest BCUT2D eigenvalue weighted by Crippen LogP contribution is 2.23. The van der Waals surface area contributed by atoms with E-state index in [9.17, 15) is 4.79 Å². The number of piperidine rings is 1. The van der Waals surface area contributed by atoms with Crippen molar-refractivity contribution in [3.8, 4) is 0 Å². The minimum atomic E-state index is -0.0141. The number of carbonyl (C=O) groups is 1. The smallest absolute Gasteiger partial charge is 0.289 e. The summed E-state index contributed by atoms with van der Waals surface area (Å²) in [4.78, 5) is 14.1. The summed E-state index contributed by atoms with van der Waals surface area (Å²) in [5, 5.41) is 0. The van der Waals surface area contributed by atoms with Gasteiger partial charge in [-0.3, -0.25) is 4.79 Å². The summed E-state index contributed by atoms with van der Waals surface area (Å²) in [5.74, 6) is 2.46. The van der Waals surface area contributed by atoms with Crippen LogP contribution in [0.15, 0.2) is 16.5 Å². The molecule has 0 spiro atoms. The molecule has 0 N–H and O–H groups in total. The Kier molecular flexibility index (Phi) is 3.77. The molecule has 0 aliphatic carbocycles. The highest BCUT2D eigenvalue weighted by atomic mass is 35.5. The number of rotatable bonds is 2. The fourth-order valence-corrected chi connectivity index (χ4v) is 2.69. The van der Waals surface area contributed by atoms with Crippen molar-refractivity contribution in [2.24, 2.45) is 11.8 Å². The second kappa shape index (κ2) is 5.13. The lowest BCUT2D eigenvalue weighted by molar-refractivity contribution is 0.0590. The van der Waals surface area contributed by atoms with E-state index in [0.717, 1.165) is 13.1 Å². The molecule has 0 saturated carbocycles. The normalized spacial score (nSPS) is 25.0. The fourth-order valence-electron chi connectivity index (χ4n) is 2.55. The SMILES string of the molecule is CC1CC(C)CN(C(=O)c2ccc(CCl)o2)C1. The Morgan fingerprint density at radius 2 is 2.06 bits per heavy atom. The number of alkyl halides is 1. The van der Waals surface area contributed by atoms with Gasteiger partial charge in [0.25, 0.3) is 5.91 Å². The number of nitrogens with zero attached hydrogens (tertiary/aromatic N) is 1. The molecule has 1 aromatic rings. The van der Waals surface area contributed by atoms with Crippen molar-refractivity contribution >= 4 is 17.5 Å². The van der Waals surface area contributed by atoms with Crippen molar-refractivity contribution in [3.63, 3.8) is 0 Å². The Balaban J connectivity index is 2.08. The van der Waals surface area contributed by atoms with E-state index < -0.39 is 0 Å². The maximum absolute atomic E-state index is 12.2. The summed E-state index contributed by atoms with van der Waals surface area (Å²) in [7, 11) is 0. The molecule has 1 aliphatic rings. The van der Waals surface area contributed by atoms with E-state index >= 15 is 0 Å². The van der Waals surface area contributed by atoms with Crippen LogP contribution < -0.4 is 0 Å². The van der Waals surface area contributed by atoms with Gasteiger partial charge in [0, 0.05) is 13.1 Å². The average molecular weight is 256 g/mol. The maximum atomic E-state index is 12.2. The second-order valence-electron chi connectivity index (χ2n) is 5.06. The van der Waals surface area contributed by atoms with E-state index in [1.54, 1.807) is 12.1 Å². The topological polar surface area (TPSA) is 33.5 Å². The first-order valence-corrected chi connectivity index (χ1v) is 6.57. The fraction of sp³-hybridized carbons (Fsp3) is 0.615. The summed E-state index contributed by atoms with van der Waals surface area (Å²) in [5.41, 5.74) is 0. The van der Waals surface area contributed by atoms with Gasteiger partial charge in [-0.1, -0.05) is 13.8 Å². The van der Waals surface area contributed by atoms with Crippen LogP contribution in [0, 0.1) is 11.8 Å². The molecule has 1 amide bonds. The van der Waals surface area contributed by atoms with Gasteiger partial charge >= 0.3 is 0 Å². The molecule has 0 bridgehead atoms. The Hall–Kier alpha value is -0.960. The Labute approximate surface area is 107 Å². The van der Waals surface area contributed by atoms with Crippen molar-refractivity contribution in [3.05, 3.63) is 23.7 Å². The summed E-state index contributed by atoms with van der Waals surface area (Å²) in [6, 6.07) is 3.47. The van der Waals surface area contributed by atoms with E-state index in [1.807, 2.05) is 4.90 Å². The summed E-state index contributed by atoms with van der Waals surface area (Å²) in [6.07, 6.45) is 1.19. The minimum Gasteiger partial charge on any atom is -0.455 e. The van der Waals surface area contributed by atoms with Crippen LogP contribution in [0.25, 0.3) is 0 Å². The molecule has 2 rings (SSSR count). The van der Waals surface area contributed by atoms with Crippen molar-refractivity contribution in [2.75, 3.05) is 13.1 Å². The zero-order valence-electron chi connectivity index (χ0n) is 10.3. The molecule has 2 heterocycles. The first-order chi connectivity index (χ1) is 8.10. The quantitative estimate of drug-likeness (QED) is 0.761. The van der Waals surface area contributed by atoms with Gasteiger partial charge in [0.15, 0.2) is 5.76 Å². The van der Waals surface area contributed by atoms with Crippen molar-refractivity contribution in [2.45, 2.75) is 26.1 Å². The molecule has 1 aliphatic heterocycles. The first kappa shape index (κ1) is 12.5. The van der Waals surface area contributed by atoms with Gasteiger partial charge in [-0.05, 0) is 30.4 Å². The van der Waals surface area contributed by atoms with Crippen molar-refractivity contribution in [1.82, 2.24) is 4.90 Å². The molecule has 1 saturated heterocycles. The molecule has 94 valence electrons. The zero-order valence-corrected chi connectivity index (χ0v) is 11.0. The van der Waals surface area contributed by atoms with E-state index in [1.165, 1.54) is 6.42 Å². The second-order valence-corrected chi connectivity index (χ2v) is 5.32. The van der Waals surface area contributed by atoms with Crippen LogP contribution in [-0.4, -0.2) is 23.9 Å². The molecule has 1 fully saturated rings. The molecular formula is C13H18ClNO2.